The Kier molecular flexibility index (Phi) is 4.55. The van der Waals surface area contributed by atoms with E-state index >= 15 is 0 Å². The third-order valence-corrected chi connectivity index (χ3v) is 2.21. The van der Waals surface area contributed by atoms with Crippen molar-refractivity contribution in [3.05, 3.63) is 28.5 Å². The summed E-state index contributed by atoms with van der Waals surface area (Å²) in [7, 11) is 1.59. The van der Waals surface area contributed by atoms with Gasteiger partial charge in [-0.05, 0) is 28.1 Å². The highest BCUT2D eigenvalue weighted by molar-refractivity contribution is 9.10. The molecule has 14 heavy (non-hydrogen) atoms. The number of methoxy groups -OCH3 is 1. The lowest BCUT2D eigenvalue weighted by molar-refractivity contribution is 0.0931. The number of rotatable bonds is 4. The van der Waals surface area contributed by atoms with Gasteiger partial charge in [-0.3, -0.25) is 4.79 Å². The van der Waals surface area contributed by atoms with Crippen molar-refractivity contribution in [2.75, 3.05) is 20.3 Å². The first kappa shape index (κ1) is 11.1. The summed E-state index contributed by atoms with van der Waals surface area (Å²) in [6.45, 7) is 0.981. The van der Waals surface area contributed by atoms with Gasteiger partial charge in [-0.25, -0.2) is 4.98 Å². The van der Waals surface area contributed by atoms with E-state index < -0.39 is 0 Å². The fraction of sp³-hybridized carbons (Fsp3) is 0.333. The second-order valence-corrected chi connectivity index (χ2v) is 3.44. The predicted molar refractivity (Wildman–Crippen MR) is 56.1 cm³/mol. The van der Waals surface area contributed by atoms with Crippen molar-refractivity contribution >= 4 is 21.8 Å². The van der Waals surface area contributed by atoms with E-state index in [9.17, 15) is 4.79 Å². The monoisotopic (exact) mass is 258 g/mol. The molecule has 1 heterocycles. The number of aromatic nitrogens is 1. The molecule has 0 aliphatic rings. The van der Waals surface area contributed by atoms with Crippen LogP contribution < -0.4 is 5.32 Å². The fourth-order valence-electron chi connectivity index (χ4n) is 0.903. The van der Waals surface area contributed by atoms with Gasteiger partial charge in [0.2, 0.25) is 0 Å². The van der Waals surface area contributed by atoms with Crippen molar-refractivity contribution in [2.45, 2.75) is 0 Å². The van der Waals surface area contributed by atoms with Crippen LogP contribution in [0.1, 0.15) is 10.5 Å². The summed E-state index contributed by atoms with van der Waals surface area (Å²) in [6, 6.07) is 3.54. The number of nitrogens with zero attached hydrogens (tertiary/aromatic N) is 1. The highest BCUT2D eigenvalue weighted by atomic mass is 79.9. The largest absolute Gasteiger partial charge is 0.383 e. The molecule has 0 atom stereocenters. The van der Waals surface area contributed by atoms with Crippen molar-refractivity contribution in [1.29, 1.82) is 0 Å². The number of hydrogen-bond donors (Lipinski definition) is 1. The van der Waals surface area contributed by atoms with E-state index in [1.54, 1.807) is 25.4 Å². The van der Waals surface area contributed by atoms with Crippen molar-refractivity contribution < 1.29 is 9.53 Å². The Morgan fingerprint density at radius 2 is 2.50 bits per heavy atom. The normalized spacial score (nSPS) is 9.86. The molecule has 76 valence electrons. The molecule has 0 fully saturated rings. The Labute approximate surface area is 90.8 Å². The van der Waals surface area contributed by atoms with Gasteiger partial charge < -0.3 is 10.1 Å². The topological polar surface area (TPSA) is 51.2 Å². The van der Waals surface area contributed by atoms with Crippen LogP contribution in [-0.2, 0) is 4.74 Å². The molecule has 0 saturated heterocycles. The second-order valence-electron chi connectivity index (χ2n) is 2.58. The summed E-state index contributed by atoms with van der Waals surface area (Å²) in [5.74, 6) is -0.200. The van der Waals surface area contributed by atoms with Crippen molar-refractivity contribution in [3.63, 3.8) is 0 Å². The van der Waals surface area contributed by atoms with Gasteiger partial charge in [0.1, 0.15) is 5.69 Å². The molecule has 1 amide bonds. The van der Waals surface area contributed by atoms with Crippen LogP contribution in [0.2, 0.25) is 0 Å². The first-order chi connectivity index (χ1) is 6.75. The maximum Gasteiger partial charge on any atom is 0.271 e. The van der Waals surface area contributed by atoms with Gasteiger partial charge in [-0.1, -0.05) is 0 Å². The van der Waals surface area contributed by atoms with Gasteiger partial charge in [-0.15, -0.1) is 0 Å². The minimum atomic E-state index is -0.200. The molecular weight excluding hydrogens is 248 g/mol. The maximum absolute atomic E-state index is 11.5. The van der Waals surface area contributed by atoms with E-state index in [-0.39, 0.29) is 5.91 Å². The second kappa shape index (κ2) is 5.72. The lowest BCUT2D eigenvalue weighted by Gasteiger charge is -2.04. The number of amides is 1. The minimum absolute atomic E-state index is 0.200. The molecular formula is C9H11BrN2O2. The lowest BCUT2D eigenvalue weighted by Crippen LogP contribution is -2.27. The highest BCUT2D eigenvalue weighted by Crippen LogP contribution is 2.12. The van der Waals surface area contributed by atoms with Gasteiger partial charge in [0.25, 0.3) is 5.91 Å². The van der Waals surface area contributed by atoms with Crippen molar-refractivity contribution in [3.8, 4) is 0 Å². The van der Waals surface area contributed by atoms with Crippen LogP contribution in [-0.4, -0.2) is 31.2 Å². The molecule has 1 aromatic heterocycles. The molecule has 0 aliphatic heterocycles. The van der Waals surface area contributed by atoms with Gasteiger partial charge in [0.05, 0.1) is 6.61 Å². The van der Waals surface area contributed by atoms with E-state index in [1.807, 2.05) is 0 Å². The summed E-state index contributed by atoms with van der Waals surface area (Å²) in [5, 5.41) is 2.68. The molecule has 1 N–H and O–H groups in total. The number of pyridine rings is 1. The zero-order valence-electron chi connectivity index (χ0n) is 7.79. The zero-order valence-corrected chi connectivity index (χ0v) is 9.37. The van der Waals surface area contributed by atoms with Crippen molar-refractivity contribution in [1.82, 2.24) is 10.3 Å². The average molecular weight is 259 g/mol. The van der Waals surface area contributed by atoms with E-state index in [0.29, 0.717) is 23.3 Å². The van der Waals surface area contributed by atoms with Gasteiger partial charge >= 0.3 is 0 Å². The summed E-state index contributed by atoms with van der Waals surface area (Å²) >= 11 is 3.25. The Morgan fingerprint density at radius 1 is 1.71 bits per heavy atom. The Balaban J connectivity index is 2.56. The standard InChI is InChI=1S/C9H11BrN2O2/c1-14-6-5-12-9(13)8-7(10)3-2-4-11-8/h2-4H,5-6H2,1H3,(H,12,13). The molecule has 1 aromatic rings. The molecule has 0 unspecified atom stereocenters. The number of nitrogens with one attached hydrogen (secondary N) is 1. The Morgan fingerprint density at radius 3 is 3.14 bits per heavy atom. The van der Waals surface area contributed by atoms with Crippen LogP contribution >= 0.6 is 15.9 Å². The fourth-order valence-corrected chi connectivity index (χ4v) is 1.34. The lowest BCUT2D eigenvalue weighted by atomic mass is 10.3. The average Bonchev–Trinajstić information content (AvgIpc) is 2.18. The van der Waals surface area contributed by atoms with Crippen molar-refractivity contribution in [2.24, 2.45) is 0 Å². The highest BCUT2D eigenvalue weighted by Gasteiger charge is 2.09. The molecule has 0 spiro atoms. The molecule has 5 heteroatoms. The van der Waals surface area contributed by atoms with Crippen LogP contribution in [0.4, 0.5) is 0 Å². The van der Waals surface area contributed by atoms with Gasteiger partial charge in [0.15, 0.2) is 0 Å². The number of halogens is 1. The quantitative estimate of drug-likeness (QED) is 0.827. The van der Waals surface area contributed by atoms with E-state index in [4.69, 9.17) is 4.74 Å². The first-order valence-corrected chi connectivity index (χ1v) is 4.92. The van der Waals surface area contributed by atoms with Crippen LogP contribution in [0.3, 0.4) is 0 Å². The van der Waals surface area contributed by atoms with E-state index in [1.165, 1.54) is 0 Å². The molecule has 4 nitrogen and oxygen atoms in total. The maximum atomic E-state index is 11.5. The molecule has 1 rings (SSSR count). The number of ether oxygens (including phenoxy) is 1. The SMILES string of the molecule is COCCNC(=O)c1ncccc1Br. The summed E-state index contributed by atoms with van der Waals surface area (Å²) in [4.78, 5) is 15.4. The third kappa shape index (κ3) is 3.08. The molecule has 0 aliphatic carbocycles. The van der Waals surface area contributed by atoms with E-state index in [2.05, 4.69) is 26.2 Å². The van der Waals surface area contributed by atoms with Crippen LogP contribution in [0, 0.1) is 0 Å². The number of carbonyl (C=O) groups is 1. The number of carbonyl (C=O) groups excluding carboxylic acids is 1. The summed E-state index contributed by atoms with van der Waals surface area (Å²) < 4.78 is 5.50. The summed E-state index contributed by atoms with van der Waals surface area (Å²) in [6.07, 6.45) is 1.58. The Hall–Kier alpha value is -0.940. The molecule has 0 aromatic carbocycles. The predicted octanol–water partition coefficient (Wildman–Crippen LogP) is 1.22. The first-order valence-electron chi connectivity index (χ1n) is 4.13. The van der Waals surface area contributed by atoms with Crippen LogP contribution in [0.5, 0.6) is 0 Å². The third-order valence-electron chi connectivity index (χ3n) is 1.57. The summed E-state index contributed by atoms with van der Waals surface area (Å²) in [5.41, 5.74) is 0.392. The Bertz CT molecular complexity index is 317. The van der Waals surface area contributed by atoms with Crippen LogP contribution in [0.15, 0.2) is 22.8 Å². The molecule has 0 saturated carbocycles. The van der Waals surface area contributed by atoms with E-state index in [0.717, 1.165) is 0 Å². The molecule has 0 radical (unpaired) electrons. The minimum Gasteiger partial charge on any atom is -0.383 e. The zero-order chi connectivity index (χ0) is 10.4. The van der Waals surface area contributed by atoms with Gasteiger partial charge in [0, 0.05) is 24.3 Å². The molecule has 0 bridgehead atoms. The van der Waals surface area contributed by atoms with Gasteiger partial charge in [-0.2, -0.15) is 0 Å². The van der Waals surface area contributed by atoms with Crippen LogP contribution in [0.25, 0.3) is 0 Å². The number of hydrogen-bond acceptors (Lipinski definition) is 3. The smallest absolute Gasteiger partial charge is 0.271 e.